The van der Waals surface area contributed by atoms with Gasteiger partial charge < -0.3 is 9.32 Å². The Morgan fingerprint density at radius 2 is 2.00 bits per heavy atom. The van der Waals surface area contributed by atoms with E-state index in [-0.39, 0.29) is 0 Å². The summed E-state index contributed by atoms with van der Waals surface area (Å²) < 4.78 is 5.17. The van der Waals surface area contributed by atoms with Crippen molar-refractivity contribution >= 4 is 5.95 Å². The molecule has 20 heavy (non-hydrogen) atoms. The summed E-state index contributed by atoms with van der Waals surface area (Å²) >= 11 is 0. The minimum Gasteiger partial charge on any atom is -0.472 e. The first kappa shape index (κ1) is 11.9. The van der Waals surface area contributed by atoms with Crippen LogP contribution < -0.4 is 4.90 Å². The van der Waals surface area contributed by atoms with Crippen molar-refractivity contribution in [2.75, 3.05) is 18.0 Å². The van der Waals surface area contributed by atoms with Crippen LogP contribution in [0.4, 0.5) is 5.95 Å². The number of fused-ring (bicyclic) bond motifs is 1. The highest BCUT2D eigenvalue weighted by Gasteiger charge is 2.43. The second-order valence-electron chi connectivity index (χ2n) is 5.56. The summed E-state index contributed by atoms with van der Waals surface area (Å²) in [4.78, 5) is 13.7. The maximum Gasteiger partial charge on any atom is 0.225 e. The van der Waals surface area contributed by atoms with Crippen molar-refractivity contribution in [2.24, 2.45) is 0 Å². The van der Waals surface area contributed by atoms with Gasteiger partial charge in [-0.3, -0.25) is 4.90 Å². The van der Waals surface area contributed by atoms with Crippen LogP contribution in [0, 0.1) is 0 Å². The lowest BCUT2D eigenvalue weighted by molar-refractivity contribution is 0.245. The highest BCUT2D eigenvalue weighted by molar-refractivity contribution is 5.35. The Kier molecular flexibility index (Phi) is 2.92. The van der Waals surface area contributed by atoms with Gasteiger partial charge in [0.1, 0.15) is 0 Å². The van der Waals surface area contributed by atoms with Crippen molar-refractivity contribution in [1.29, 1.82) is 0 Å². The van der Waals surface area contributed by atoms with E-state index in [0.29, 0.717) is 12.1 Å². The molecule has 5 nitrogen and oxygen atoms in total. The lowest BCUT2D eigenvalue weighted by Gasteiger charge is -2.25. The van der Waals surface area contributed by atoms with Gasteiger partial charge in [0.15, 0.2) is 0 Å². The van der Waals surface area contributed by atoms with Crippen LogP contribution in [0.25, 0.3) is 0 Å². The highest BCUT2D eigenvalue weighted by Crippen LogP contribution is 2.34. The van der Waals surface area contributed by atoms with Crippen LogP contribution >= 0.6 is 0 Å². The van der Waals surface area contributed by atoms with Gasteiger partial charge in [-0.25, -0.2) is 9.97 Å². The average Bonchev–Trinajstić information content (AvgIpc) is 3.19. The van der Waals surface area contributed by atoms with Gasteiger partial charge in [-0.05, 0) is 25.0 Å². The third-order valence-electron chi connectivity index (χ3n) is 4.47. The fourth-order valence-electron chi connectivity index (χ4n) is 3.58. The topological polar surface area (TPSA) is 45.4 Å². The summed E-state index contributed by atoms with van der Waals surface area (Å²) in [5.41, 5.74) is 1.26. The number of furan rings is 1. The third kappa shape index (κ3) is 1.98. The van der Waals surface area contributed by atoms with E-state index in [1.807, 2.05) is 24.7 Å². The van der Waals surface area contributed by atoms with Gasteiger partial charge in [0, 0.05) is 49.7 Å². The Bertz CT molecular complexity index is 557. The Morgan fingerprint density at radius 3 is 2.80 bits per heavy atom. The highest BCUT2D eigenvalue weighted by atomic mass is 16.3. The molecule has 0 aromatic carbocycles. The van der Waals surface area contributed by atoms with Crippen molar-refractivity contribution in [2.45, 2.75) is 31.5 Å². The van der Waals surface area contributed by atoms with Crippen LogP contribution in [0.5, 0.6) is 0 Å². The zero-order chi connectivity index (χ0) is 13.4. The van der Waals surface area contributed by atoms with Crippen molar-refractivity contribution in [1.82, 2.24) is 14.9 Å². The molecule has 0 aliphatic carbocycles. The van der Waals surface area contributed by atoms with E-state index in [1.54, 1.807) is 6.26 Å². The summed E-state index contributed by atoms with van der Waals surface area (Å²) in [6.45, 7) is 3.19. The van der Waals surface area contributed by atoms with Crippen LogP contribution in [-0.2, 0) is 6.54 Å². The zero-order valence-electron chi connectivity index (χ0n) is 11.4. The van der Waals surface area contributed by atoms with E-state index in [9.17, 15) is 0 Å². The second kappa shape index (κ2) is 4.90. The number of hydrogen-bond donors (Lipinski definition) is 0. The SMILES string of the molecule is c1cnc(N2CC[C@@H]3[C@@H]2CCN3Cc2ccoc2)nc1. The van der Waals surface area contributed by atoms with Crippen molar-refractivity contribution in [3.05, 3.63) is 42.6 Å². The molecule has 4 rings (SSSR count). The molecule has 0 radical (unpaired) electrons. The summed E-state index contributed by atoms with van der Waals surface area (Å²) in [5.74, 6) is 0.880. The smallest absolute Gasteiger partial charge is 0.225 e. The molecule has 0 saturated carbocycles. The number of likely N-dealkylation sites (tertiary alicyclic amines) is 1. The lowest BCUT2D eigenvalue weighted by atomic mass is 10.1. The summed E-state index contributed by atoms with van der Waals surface area (Å²) in [5, 5.41) is 0. The van der Waals surface area contributed by atoms with Gasteiger partial charge in [-0.2, -0.15) is 0 Å². The molecule has 2 atom stereocenters. The molecular formula is C15H18N4O. The molecule has 0 amide bonds. The molecule has 2 aromatic heterocycles. The summed E-state index contributed by atoms with van der Waals surface area (Å²) in [6, 6.07) is 5.11. The normalized spacial score (nSPS) is 26.1. The molecule has 0 spiro atoms. The van der Waals surface area contributed by atoms with E-state index in [0.717, 1.165) is 25.6 Å². The van der Waals surface area contributed by atoms with Crippen LogP contribution in [0.2, 0.25) is 0 Å². The van der Waals surface area contributed by atoms with Crippen molar-refractivity contribution < 1.29 is 4.42 Å². The molecule has 0 bridgehead atoms. The minimum absolute atomic E-state index is 0.560. The van der Waals surface area contributed by atoms with Crippen molar-refractivity contribution in [3.63, 3.8) is 0 Å². The number of nitrogens with zero attached hydrogens (tertiary/aromatic N) is 4. The predicted octanol–water partition coefficient (Wildman–Crippen LogP) is 1.92. The maximum atomic E-state index is 5.17. The zero-order valence-corrected chi connectivity index (χ0v) is 11.4. The standard InChI is InChI=1S/C15H18N4O/c1-5-16-15(17-6-1)19-8-3-13-14(19)2-7-18(13)10-12-4-9-20-11-12/h1,4-6,9,11,13-14H,2-3,7-8,10H2/t13-,14+/m1/s1. The van der Waals surface area contributed by atoms with Crippen LogP contribution in [0.3, 0.4) is 0 Å². The number of rotatable bonds is 3. The van der Waals surface area contributed by atoms with Crippen molar-refractivity contribution in [3.8, 4) is 0 Å². The number of anilines is 1. The van der Waals surface area contributed by atoms with Gasteiger partial charge in [-0.15, -0.1) is 0 Å². The molecule has 2 aliphatic rings. The molecule has 2 aromatic rings. The van der Waals surface area contributed by atoms with E-state index >= 15 is 0 Å². The van der Waals surface area contributed by atoms with Crippen LogP contribution in [0.15, 0.2) is 41.5 Å². The monoisotopic (exact) mass is 270 g/mol. The molecule has 5 heteroatoms. The quantitative estimate of drug-likeness (QED) is 0.852. The lowest BCUT2D eigenvalue weighted by Crippen LogP contribution is -2.36. The first-order valence-corrected chi connectivity index (χ1v) is 7.20. The van der Waals surface area contributed by atoms with E-state index in [2.05, 4.69) is 25.8 Å². The number of hydrogen-bond acceptors (Lipinski definition) is 5. The van der Waals surface area contributed by atoms with Gasteiger partial charge >= 0.3 is 0 Å². The maximum absolute atomic E-state index is 5.17. The van der Waals surface area contributed by atoms with Gasteiger partial charge in [0.25, 0.3) is 0 Å². The number of aromatic nitrogens is 2. The predicted molar refractivity (Wildman–Crippen MR) is 75.3 cm³/mol. The fraction of sp³-hybridized carbons (Fsp3) is 0.467. The molecule has 4 heterocycles. The molecule has 2 saturated heterocycles. The second-order valence-corrected chi connectivity index (χ2v) is 5.56. The molecule has 2 aliphatic heterocycles. The van der Waals surface area contributed by atoms with E-state index in [1.165, 1.54) is 18.4 Å². The fourth-order valence-corrected chi connectivity index (χ4v) is 3.58. The molecule has 2 fully saturated rings. The molecule has 0 N–H and O–H groups in total. The Morgan fingerprint density at radius 1 is 1.15 bits per heavy atom. The Hall–Kier alpha value is -1.88. The summed E-state index contributed by atoms with van der Waals surface area (Å²) in [6.07, 6.45) is 9.64. The molecular weight excluding hydrogens is 252 g/mol. The first-order valence-electron chi connectivity index (χ1n) is 7.20. The Labute approximate surface area is 118 Å². The minimum atomic E-state index is 0.560. The van der Waals surface area contributed by atoms with Crippen LogP contribution in [0.1, 0.15) is 18.4 Å². The molecule has 0 unspecified atom stereocenters. The molecule has 104 valence electrons. The van der Waals surface area contributed by atoms with Crippen LogP contribution in [-0.4, -0.2) is 40.0 Å². The first-order chi connectivity index (χ1) is 9.92. The van der Waals surface area contributed by atoms with Gasteiger partial charge in [-0.1, -0.05) is 0 Å². The largest absolute Gasteiger partial charge is 0.472 e. The third-order valence-corrected chi connectivity index (χ3v) is 4.47. The summed E-state index contributed by atoms with van der Waals surface area (Å²) in [7, 11) is 0. The average molecular weight is 270 g/mol. The van der Waals surface area contributed by atoms with E-state index < -0.39 is 0 Å². The van der Waals surface area contributed by atoms with Gasteiger partial charge in [0.05, 0.1) is 12.5 Å². The van der Waals surface area contributed by atoms with Gasteiger partial charge in [0.2, 0.25) is 5.95 Å². The Balaban J connectivity index is 1.50. The van der Waals surface area contributed by atoms with E-state index in [4.69, 9.17) is 4.42 Å².